The lowest BCUT2D eigenvalue weighted by atomic mass is 9.93. The van der Waals surface area contributed by atoms with Gasteiger partial charge in [0.15, 0.2) is 0 Å². The molecule has 1 fully saturated rings. The molecule has 0 spiro atoms. The Morgan fingerprint density at radius 3 is 2.81 bits per heavy atom. The summed E-state index contributed by atoms with van der Waals surface area (Å²) in [5.41, 5.74) is 0. The first-order chi connectivity index (χ1) is 7.70. The maximum atomic E-state index is 9.70. The number of hydrogen-bond acceptors (Lipinski definition) is 4. The van der Waals surface area contributed by atoms with Crippen LogP contribution in [-0.4, -0.2) is 55.6 Å². The molecule has 0 aliphatic carbocycles. The number of allylic oxidation sites excluding steroid dienone is 2. The van der Waals surface area contributed by atoms with Crippen LogP contribution in [0.3, 0.4) is 0 Å². The molecule has 4 nitrogen and oxygen atoms in total. The number of ether oxygens (including phenoxy) is 2. The van der Waals surface area contributed by atoms with Gasteiger partial charge in [0.2, 0.25) is 0 Å². The van der Waals surface area contributed by atoms with E-state index in [0.717, 1.165) is 0 Å². The van der Waals surface area contributed by atoms with Gasteiger partial charge in [0.1, 0.15) is 26.2 Å². The monoisotopic (exact) mass is 224 g/mol. The normalized spacial score (nSPS) is 34.6. The predicted molar refractivity (Wildman–Crippen MR) is 61.2 cm³/mol. The van der Waals surface area contributed by atoms with E-state index in [4.69, 9.17) is 22.4 Å². The molecule has 1 rings (SSSR count). The smallest absolute Gasteiger partial charge is 0.112 e. The predicted octanol–water partition coefficient (Wildman–Crippen LogP) is -0.250. The Labute approximate surface area is 97.0 Å². The molecule has 5 heteroatoms. The molecule has 0 aromatic heterocycles. The number of hydrogen-bond donors (Lipinski definition) is 2. The van der Waals surface area contributed by atoms with Crippen molar-refractivity contribution in [3.63, 3.8) is 0 Å². The molecule has 2 N–H and O–H groups in total. The van der Waals surface area contributed by atoms with Crippen molar-refractivity contribution in [3.8, 4) is 0 Å². The molecule has 1 aliphatic rings. The maximum Gasteiger partial charge on any atom is 0.112 e. The van der Waals surface area contributed by atoms with Crippen LogP contribution in [0.5, 0.6) is 0 Å². The third-order valence-corrected chi connectivity index (χ3v) is 2.42. The first-order valence-corrected chi connectivity index (χ1v) is 5.29. The molecule has 16 heavy (non-hydrogen) atoms. The molecule has 0 saturated carbocycles. The Balaban J connectivity index is 2.30. The van der Waals surface area contributed by atoms with Crippen molar-refractivity contribution in [2.75, 3.05) is 13.2 Å². The molecule has 0 amide bonds. The van der Waals surface area contributed by atoms with E-state index in [9.17, 15) is 5.11 Å². The quantitative estimate of drug-likeness (QED) is 0.371. The van der Waals surface area contributed by atoms with E-state index in [1.54, 1.807) is 6.08 Å². The van der Waals surface area contributed by atoms with Gasteiger partial charge >= 0.3 is 0 Å². The second-order valence-electron chi connectivity index (χ2n) is 3.60. The van der Waals surface area contributed by atoms with Gasteiger partial charge in [0.05, 0.1) is 13.2 Å². The third kappa shape index (κ3) is 3.45. The molecule has 2 radical (unpaired) electrons. The van der Waals surface area contributed by atoms with Crippen molar-refractivity contribution in [2.24, 2.45) is 0 Å². The number of aliphatic hydroxyl groups excluding tert-OH is 2. The average Bonchev–Trinajstić information content (AvgIpc) is 2.55. The highest BCUT2D eigenvalue weighted by atomic mass is 16.6. The Kier molecular flexibility index (Phi) is 5.77. The van der Waals surface area contributed by atoms with Crippen LogP contribution in [0, 0.1) is 0 Å². The summed E-state index contributed by atoms with van der Waals surface area (Å²) in [7, 11) is 5.62. The number of rotatable bonds is 6. The zero-order valence-corrected chi connectivity index (χ0v) is 9.16. The lowest BCUT2D eigenvalue weighted by Gasteiger charge is -2.18. The van der Waals surface area contributed by atoms with Crippen LogP contribution in [0.25, 0.3) is 0 Å². The molecule has 0 bridgehead atoms. The van der Waals surface area contributed by atoms with Gasteiger partial charge in [-0.2, -0.15) is 0 Å². The lowest BCUT2D eigenvalue weighted by molar-refractivity contribution is -0.0273. The second kappa shape index (κ2) is 6.86. The zero-order chi connectivity index (χ0) is 12.0. The first kappa shape index (κ1) is 13.4. The van der Waals surface area contributed by atoms with Gasteiger partial charge in [-0.3, -0.25) is 0 Å². The van der Waals surface area contributed by atoms with Gasteiger partial charge in [0, 0.05) is 6.00 Å². The van der Waals surface area contributed by atoms with Crippen molar-refractivity contribution in [1.29, 1.82) is 0 Å². The highest BCUT2D eigenvalue weighted by molar-refractivity contribution is 6.11. The standard InChI is InChI=1S/C11H17BO4/c1-2-3-4-5-6-15-10-9(14)8(7-13)16-11(10)12/h2-4,8-11,13-14H,1,5-7H2/b4-3+/t8-,9?,10+,11-/m1/s1. The molecule has 1 aliphatic heterocycles. The van der Waals surface area contributed by atoms with E-state index in [-0.39, 0.29) is 6.61 Å². The van der Waals surface area contributed by atoms with E-state index in [0.29, 0.717) is 13.0 Å². The molecule has 1 heterocycles. The largest absolute Gasteiger partial charge is 0.394 e. The Morgan fingerprint density at radius 1 is 1.50 bits per heavy atom. The number of aliphatic hydroxyl groups is 2. The summed E-state index contributed by atoms with van der Waals surface area (Å²) in [6.07, 6.45) is 4.03. The Morgan fingerprint density at radius 2 is 2.25 bits per heavy atom. The Hall–Kier alpha value is -0.615. The molecule has 0 aromatic rings. The minimum absolute atomic E-state index is 0.259. The topological polar surface area (TPSA) is 58.9 Å². The van der Waals surface area contributed by atoms with Crippen molar-refractivity contribution in [2.45, 2.75) is 30.7 Å². The summed E-state index contributed by atoms with van der Waals surface area (Å²) >= 11 is 0. The molecular weight excluding hydrogens is 207 g/mol. The average molecular weight is 224 g/mol. The summed E-state index contributed by atoms with van der Waals surface area (Å²) in [5.74, 6) is 0. The molecule has 0 aromatic carbocycles. The molecule has 1 saturated heterocycles. The van der Waals surface area contributed by atoms with E-state index in [1.165, 1.54) is 0 Å². The highest BCUT2D eigenvalue weighted by Gasteiger charge is 2.40. The van der Waals surface area contributed by atoms with Crippen LogP contribution in [0.4, 0.5) is 0 Å². The summed E-state index contributed by atoms with van der Waals surface area (Å²) < 4.78 is 10.5. The minimum Gasteiger partial charge on any atom is -0.394 e. The lowest BCUT2D eigenvalue weighted by Crippen LogP contribution is -2.36. The van der Waals surface area contributed by atoms with E-state index in [1.807, 2.05) is 12.2 Å². The molecule has 1 unspecified atom stereocenters. The second-order valence-corrected chi connectivity index (χ2v) is 3.60. The Bertz CT molecular complexity index is 244. The zero-order valence-electron chi connectivity index (χ0n) is 9.16. The van der Waals surface area contributed by atoms with Crippen LogP contribution in [0.1, 0.15) is 6.42 Å². The minimum atomic E-state index is -0.872. The first-order valence-electron chi connectivity index (χ1n) is 5.29. The summed E-state index contributed by atoms with van der Waals surface area (Å²) in [6.45, 7) is 3.73. The fourth-order valence-corrected chi connectivity index (χ4v) is 1.57. The van der Waals surface area contributed by atoms with Crippen LogP contribution in [0.15, 0.2) is 24.8 Å². The fourth-order valence-electron chi connectivity index (χ4n) is 1.57. The highest BCUT2D eigenvalue weighted by Crippen LogP contribution is 2.21. The van der Waals surface area contributed by atoms with E-state index in [2.05, 4.69) is 6.58 Å². The maximum absolute atomic E-state index is 9.70. The fraction of sp³-hybridized carbons (Fsp3) is 0.636. The van der Waals surface area contributed by atoms with Crippen LogP contribution >= 0.6 is 0 Å². The summed E-state index contributed by atoms with van der Waals surface area (Å²) in [5, 5.41) is 18.6. The van der Waals surface area contributed by atoms with Gasteiger partial charge in [-0.05, 0) is 6.42 Å². The van der Waals surface area contributed by atoms with Gasteiger partial charge < -0.3 is 19.7 Å². The molecule has 88 valence electrons. The van der Waals surface area contributed by atoms with Gasteiger partial charge in [-0.1, -0.05) is 24.8 Å². The summed E-state index contributed by atoms with van der Waals surface area (Å²) in [4.78, 5) is 0. The van der Waals surface area contributed by atoms with Gasteiger partial charge in [-0.15, -0.1) is 0 Å². The van der Waals surface area contributed by atoms with Crippen molar-refractivity contribution in [1.82, 2.24) is 0 Å². The molecular formula is C11H17BO4. The van der Waals surface area contributed by atoms with Crippen molar-refractivity contribution >= 4 is 7.85 Å². The van der Waals surface area contributed by atoms with Gasteiger partial charge in [0.25, 0.3) is 0 Å². The van der Waals surface area contributed by atoms with Crippen molar-refractivity contribution in [3.05, 3.63) is 24.8 Å². The van der Waals surface area contributed by atoms with E-state index >= 15 is 0 Å². The third-order valence-electron chi connectivity index (χ3n) is 2.42. The van der Waals surface area contributed by atoms with Crippen LogP contribution in [-0.2, 0) is 9.47 Å². The van der Waals surface area contributed by atoms with Gasteiger partial charge in [-0.25, -0.2) is 0 Å². The SMILES string of the molecule is [B][C@@H]1O[C@H](CO)C(O)[C@@H]1OCC/C=C/C=C. The van der Waals surface area contributed by atoms with Crippen LogP contribution < -0.4 is 0 Å². The molecule has 4 atom stereocenters. The summed E-state index contributed by atoms with van der Waals surface area (Å²) in [6, 6.07) is -0.685. The van der Waals surface area contributed by atoms with E-state index < -0.39 is 24.3 Å². The van der Waals surface area contributed by atoms with Crippen LogP contribution in [0.2, 0.25) is 0 Å². The van der Waals surface area contributed by atoms with Crippen molar-refractivity contribution < 1.29 is 19.7 Å².